The van der Waals surface area contributed by atoms with Gasteiger partial charge in [-0.05, 0) is 12.1 Å². The van der Waals surface area contributed by atoms with Crippen LogP contribution in [0, 0.1) is 5.82 Å². The van der Waals surface area contributed by atoms with Crippen LogP contribution >= 0.6 is 11.3 Å². The van der Waals surface area contributed by atoms with Crippen LogP contribution in [0.15, 0.2) is 24.8 Å². The number of aromatic hydroxyl groups is 1. The Morgan fingerprint density at radius 3 is 2.88 bits per heavy atom. The van der Waals surface area contributed by atoms with Crippen molar-refractivity contribution in [2.75, 3.05) is 7.11 Å². The number of fused-ring (bicyclic) bond motifs is 1. The molecular weight excluding hydrogens is 243 g/mol. The molecule has 1 aromatic heterocycles. The van der Waals surface area contributed by atoms with E-state index in [1.165, 1.54) is 25.3 Å². The number of phenols is 1. The normalized spacial score (nSPS) is 10.5. The monoisotopic (exact) mass is 252 g/mol. The van der Waals surface area contributed by atoms with Crippen LogP contribution in [-0.4, -0.2) is 18.0 Å². The van der Waals surface area contributed by atoms with E-state index in [-0.39, 0.29) is 16.9 Å². The molecule has 3 nitrogen and oxygen atoms in total. The van der Waals surface area contributed by atoms with Gasteiger partial charge in [-0.25, -0.2) is 4.39 Å². The van der Waals surface area contributed by atoms with Gasteiger partial charge in [-0.3, -0.25) is 4.79 Å². The molecule has 0 atom stereocenters. The zero-order chi connectivity index (χ0) is 12.6. The number of carbonyl (C=O) groups is 1. The quantitative estimate of drug-likeness (QED) is 0.674. The topological polar surface area (TPSA) is 46.5 Å². The van der Waals surface area contributed by atoms with E-state index in [1.54, 1.807) is 0 Å². The summed E-state index contributed by atoms with van der Waals surface area (Å²) in [6, 6.07) is 2.90. The molecular formula is C12H9FO3S. The summed E-state index contributed by atoms with van der Waals surface area (Å²) in [5.74, 6) is -1.55. The number of halogens is 1. The molecule has 0 bridgehead atoms. The number of hydrogen-bond donors (Lipinski definition) is 1. The Hall–Kier alpha value is -1.88. The number of methoxy groups -OCH3 is 1. The summed E-state index contributed by atoms with van der Waals surface area (Å²) in [4.78, 5) is 11.8. The number of allylic oxidation sites excluding steroid dienone is 1. The Bertz CT molecular complexity index is 616. The molecule has 0 fully saturated rings. The smallest absolute Gasteiger partial charge is 0.195 e. The highest BCUT2D eigenvalue weighted by atomic mass is 32.1. The number of thiophene rings is 1. The van der Waals surface area contributed by atoms with Gasteiger partial charge in [0.15, 0.2) is 23.1 Å². The maximum absolute atomic E-state index is 13.8. The van der Waals surface area contributed by atoms with Crippen molar-refractivity contribution >= 4 is 27.2 Å². The molecule has 0 aliphatic rings. The number of hydrogen-bond acceptors (Lipinski definition) is 4. The fourth-order valence-electron chi connectivity index (χ4n) is 1.48. The first kappa shape index (κ1) is 11.6. The van der Waals surface area contributed by atoms with Crippen molar-refractivity contribution in [3.05, 3.63) is 35.5 Å². The van der Waals surface area contributed by atoms with Crippen LogP contribution in [0.5, 0.6) is 11.5 Å². The van der Waals surface area contributed by atoms with Crippen molar-refractivity contribution in [3.63, 3.8) is 0 Å². The Kier molecular flexibility index (Phi) is 2.85. The maximum Gasteiger partial charge on any atom is 0.195 e. The molecule has 2 rings (SSSR count). The summed E-state index contributed by atoms with van der Waals surface area (Å²) >= 11 is 1.13. The van der Waals surface area contributed by atoms with Gasteiger partial charge in [0.1, 0.15) is 0 Å². The number of ether oxygens (including phenoxy) is 1. The largest absolute Gasteiger partial charge is 0.502 e. The molecule has 1 heterocycles. The lowest BCUT2D eigenvalue weighted by Crippen LogP contribution is -1.87. The number of carbonyl (C=O) groups excluding carboxylic acids is 1. The molecule has 0 radical (unpaired) electrons. The fraction of sp³-hybridized carbons (Fsp3) is 0.0833. The second kappa shape index (κ2) is 4.18. The number of ketones is 1. The van der Waals surface area contributed by atoms with Crippen molar-refractivity contribution in [2.45, 2.75) is 0 Å². The Labute approximate surface area is 101 Å². The summed E-state index contributed by atoms with van der Waals surface area (Å²) in [5.41, 5.74) is 0. The molecule has 0 spiro atoms. The van der Waals surface area contributed by atoms with Gasteiger partial charge < -0.3 is 9.84 Å². The van der Waals surface area contributed by atoms with Crippen molar-refractivity contribution < 1.29 is 19.0 Å². The van der Waals surface area contributed by atoms with Crippen molar-refractivity contribution in [2.24, 2.45) is 0 Å². The molecule has 0 saturated heterocycles. The van der Waals surface area contributed by atoms with Crippen molar-refractivity contribution in [3.8, 4) is 11.5 Å². The Morgan fingerprint density at radius 2 is 2.29 bits per heavy atom. The third-order valence-electron chi connectivity index (χ3n) is 2.35. The lowest BCUT2D eigenvalue weighted by atomic mass is 10.2. The van der Waals surface area contributed by atoms with Crippen LogP contribution in [0.2, 0.25) is 0 Å². The van der Waals surface area contributed by atoms with Gasteiger partial charge in [0.2, 0.25) is 0 Å². The first-order chi connectivity index (χ1) is 8.08. The van der Waals surface area contributed by atoms with E-state index in [9.17, 15) is 14.3 Å². The van der Waals surface area contributed by atoms with Gasteiger partial charge in [-0.2, -0.15) is 0 Å². The van der Waals surface area contributed by atoms with Gasteiger partial charge >= 0.3 is 0 Å². The summed E-state index contributed by atoms with van der Waals surface area (Å²) in [7, 11) is 1.34. The van der Waals surface area contributed by atoms with Crippen LogP contribution in [0.3, 0.4) is 0 Å². The predicted molar refractivity (Wildman–Crippen MR) is 64.5 cm³/mol. The van der Waals surface area contributed by atoms with Crippen LogP contribution < -0.4 is 4.74 Å². The minimum atomic E-state index is -0.779. The maximum atomic E-state index is 13.8. The highest BCUT2D eigenvalue weighted by molar-refractivity contribution is 7.21. The van der Waals surface area contributed by atoms with Crippen molar-refractivity contribution in [1.29, 1.82) is 0 Å². The average Bonchev–Trinajstić information content (AvgIpc) is 2.76. The summed E-state index contributed by atoms with van der Waals surface area (Å²) in [5, 5.41) is 9.71. The molecule has 0 aliphatic heterocycles. The van der Waals surface area contributed by atoms with Gasteiger partial charge in [-0.15, -0.1) is 11.3 Å². The Morgan fingerprint density at radius 1 is 1.59 bits per heavy atom. The fourth-order valence-corrected chi connectivity index (χ4v) is 2.51. The summed E-state index contributed by atoms with van der Waals surface area (Å²) in [6.45, 7) is 3.37. The zero-order valence-corrected chi connectivity index (χ0v) is 9.81. The Balaban J connectivity index is 2.73. The van der Waals surface area contributed by atoms with Crippen LogP contribution in [0.1, 0.15) is 9.67 Å². The van der Waals surface area contributed by atoms with E-state index in [1.807, 2.05) is 0 Å². The highest BCUT2D eigenvalue weighted by Gasteiger charge is 2.17. The second-order valence-electron chi connectivity index (χ2n) is 3.33. The third-order valence-corrected chi connectivity index (χ3v) is 3.45. The summed E-state index contributed by atoms with van der Waals surface area (Å²) < 4.78 is 19.2. The first-order valence-corrected chi connectivity index (χ1v) is 5.56. The van der Waals surface area contributed by atoms with E-state index < -0.39 is 11.6 Å². The molecule has 0 amide bonds. The van der Waals surface area contributed by atoms with Crippen LogP contribution in [-0.2, 0) is 0 Å². The van der Waals surface area contributed by atoms with Crippen molar-refractivity contribution in [1.82, 2.24) is 0 Å². The molecule has 88 valence electrons. The highest BCUT2D eigenvalue weighted by Crippen LogP contribution is 2.39. The molecule has 5 heteroatoms. The second-order valence-corrected chi connectivity index (χ2v) is 4.42. The third kappa shape index (κ3) is 1.78. The van der Waals surface area contributed by atoms with Gasteiger partial charge in [0, 0.05) is 16.2 Å². The van der Waals surface area contributed by atoms with Gasteiger partial charge in [0.05, 0.1) is 12.0 Å². The zero-order valence-electron chi connectivity index (χ0n) is 8.99. The molecule has 1 N–H and O–H groups in total. The van der Waals surface area contributed by atoms with E-state index in [4.69, 9.17) is 4.74 Å². The van der Waals surface area contributed by atoms with E-state index in [0.29, 0.717) is 9.58 Å². The standard InChI is InChI=1S/C12H9FO3S/c1-3-7(14)10-4-6-9(17-10)5-8(16-2)12(15)11(6)13/h3-5,15H,1H2,2H3. The molecule has 0 aliphatic carbocycles. The predicted octanol–water partition coefficient (Wildman–Crippen LogP) is 3.12. The lowest BCUT2D eigenvalue weighted by molar-refractivity contribution is 0.105. The van der Waals surface area contributed by atoms with Gasteiger partial charge in [-0.1, -0.05) is 6.58 Å². The van der Waals surface area contributed by atoms with Gasteiger partial charge in [0.25, 0.3) is 0 Å². The SMILES string of the molecule is C=CC(=O)c1cc2c(F)c(O)c(OC)cc2s1. The molecule has 1 aromatic carbocycles. The van der Waals surface area contributed by atoms with Crippen LogP contribution in [0.4, 0.5) is 4.39 Å². The first-order valence-electron chi connectivity index (χ1n) is 4.74. The lowest BCUT2D eigenvalue weighted by Gasteiger charge is -2.04. The minimum Gasteiger partial charge on any atom is -0.502 e. The molecule has 17 heavy (non-hydrogen) atoms. The average molecular weight is 252 g/mol. The molecule has 0 saturated carbocycles. The molecule has 0 unspecified atom stereocenters. The number of benzene rings is 1. The minimum absolute atomic E-state index is 0.0504. The molecule has 2 aromatic rings. The van der Waals surface area contributed by atoms with E-state index in [2.05, 4.69) is 6.58 Å². The van der Waals surface area contributed by atoms with E-state index >= 15 is 0 Å². The summed E-state index contributed by atoms with van der Waals surface area (Å²) in [6.07, 6.45) is 1.17. The number of rotatable bonds is 3. The van der Waals surface area contributed by atoms with Crippen LogP contribution in [0.25, 0.3) is 10.1 Å². The van der Waals surface area contributed by atoms with E-state index in [0.717, 1.165) is 11.3 Å². The number of phenolic OH excluding ortho intramolecular Hbond substituents is 1.